The van der Waals surface area contributed by atoms with E-state index >= 15 is 0 Å². The maximum atomic E-state index is 4.54. The Morgan fingerprint density at radius 2 is 1.88 bits per heavy atom. The predicted molar refractivity (Wildman–Crippen MR) is 147 cm³/mol. The second-order valence-corrected chi connectivity index (χ2v) is 8.35. The molecule has 1 aromatic heterocycles. The molecule has 1 saturated heterocycles. The maximum Gasteiger partial charge on any atom is 0.191 e. The van der Waals surface area contributed by atoms with Gasteiger partial charge in [-0.3, -0.25) is 4.99 Å². The number of hydrogen-bond acceptors (Lipinski definition) is 3. The number of halogens is 1. The van der Waals surface area contributed by atoms with Gasteiger partial charge in [0, 0.05) is 44.8 Å². The lowest BCUT2D eigenvalue weighted by atomic mass is 10.1. The summed E-state index contributed by atoms with van der Waals surface area (Å²) in [5.74, 6) is 1.79. The Morgan fingerprint density at radius 1 is 1.09 bits per heavy atom. The van der Waals surface area contributed by atoms with Gasteiger partial charge in [0.25, 0.3) is 0 Å². The van der Waals surface area contributed by atoms with Crippen LogP contribution in [0.25, 0.3) is 0 Å². The van der Waals surface area contributed by atoms with Crippen LogP contribution in [0.5, 0.6) is 0 Å². The van der Waals surface area contributed by atoms with Gasteiger partial charge in [0.05, 0.1) is 12.6 Å². The van der Waals surface area contributed by atoms with Crippen molar-refractivity contribution in [1.82, 2.24) is 20.2 Å². The summed E-state index contributed by atoms with van der Waals surface area (Å²) >= 11 is 0. The molecule has 0 spiro atoms. The number of hydrogen-bond donors (Lipinski definition) is 2. The van der Waals surface area contributed by atoms with E-state index in [2.05, 4.69) is 91.6 Å². The van der Waals surface area contributed by atoms with Crippen LogP contribution >= 0.6 is 24.0 Å². The summed E-state index contributed by atoms with van der Waals surface area (Å²) in [5.41, 5.74) is 3.92. The highest BCUT2D eigenvalue weighted by Crippen LogP contribution is 2.23. The lowest BCUT2D eigenvalue weighted by Crippen LogP contribution is -2.38. The Morgan fingerprint density at radius 3 is 2.64 bits per heavy atom. The first-order valence-corrected chi connectivity index (χ1v) is 11.6. The molecule has 3 aromatic rings. The summed E-state index contributed by atoms with van der Waals surface area (Å²) in [4.78, 5) is 11.4. The Hall–Kier alpha value is -2.55. The monoisotopic (exact) mass is 558 g/mol. The van der Waals surface area contributed by atoms with Crippen LogP contribution in [0, 0.1) is 0 Å². The highest BCUT2D eigenvalue weighted by Gasteiger charge is 2.15. The number of benzene rings is 2. The van der Waals surface area contributed by atoms with Crippen molar-refractivity contribution in [3.05, 3.63) is 83.9 Å². The van der Waals surface area contributed by atoms with Gasteiger partial charge in [-0.1, -0.05) is 42.5 Å². The molecule has 0 amide bonds. The van der Waals surface area contributed by atoms with Crippen LogP contribution < -0.4 is 15.5 Å². The molecular weight excluding hydrogens is 523 g/mol. The third-order valence-corrected chi connectivity index (χ3v) is 6.12. The van der Waals surface area contributed by atoms with Gasteiger partial charge < -0.3 is 20.1 Å². The van der Waals surface area contributed by atoms with Crippen molar-refractivity contribution in [3.8, 4) is 0 Å². The lowest BCUT2D eigenvalue weighted by Gasteiger charge is -2.22. The first-order valence-electron chi connectivity index (χ1n) is 11.6. The Labute approximate surface area is 214 Å². The van der Waals surface area contributed by atoms with Crippen molar-refractivity contribution in [2.75, 3.05) is 25.0 Å². The van der Waals surface area contributed by atoms with Gasteiger partial charge in [0.15, 0.2) is 5.96 Å². The topological polar surface area (TPSA) is 57.5 Å². The fourth-order valence-corrected chi connectivity index (χ4v) is 4.22. The highest BCUT2D eigenvalue weighted by atomic mass is 127. The number of anilines is 1. The number of aromatic nitrogens is 2. The zero-order valence-corrected chi connectivity index (χ0v) is 21.9. The van der Waals surface area contributed by atoms with Crippen molar-refractivity contribution in [3.63, 3.8) is 0 Å². The zero-order valence-electron chi connectivity index (χ0n) is 19.6. The largest absolute Gasteiger partial charge is 0.372 e. The summed E-state index contributed by atoms with van der Waals surface area (Å²) in [7, 11) is 1.81. The molecule has 4 rings (SSSR count). The number of nitrogens with zero attached hydrogens (tertiary/aromatic N) is 4. The number of rotatable bonds is 8. The molecule has 7 heteroatoms. The van der Waals surface area contributed by atoms with Crippen LogP contribution in [0.15, 0.2) is 72.0 Å². The molecule has 2 N–H and O–H groups in total. The van der Waals surface area contributed by atoms with Crippen molar-refractivity contribution in [2.24, 2.45) is 4.99 Å². The molecule has 176 valence electrons. The van der Waals surface area contributed by atoms with E-state index in [1.807, 2.05) is 19.4 Å². The van der Waals surface area contributed by atoms with Crippen LogP contribution in [0.4, 0.5) is 5.69 Å². The normalized spacial score (nSPS) is 14.6. The standard InChI is InChI=1S/C26H34N6.HI/c1-21(23-11-8-12-24(19-23)31-15-6-7-16-31)30-26(27-2)29-20-25-28-14-18-32(25)17-13-22-9-4-3-5-10-22;/h3-5,8-12,14,18-19,21H,6-7,13,15-17,20H2,1-2H3,(H2,27,29,30);1H. The van der Waals surface area contributed by atoms with Gasteiger partial charge in [-0.05, 0) is 49.4 Å². The molecule has 0 radical (unpaired) electrons. The van der Waals surface area contributed by atoms with Crippen LogP contribution in [0.2, 0.25) is 0 Å². The zero-order chi connectivity index (χ0) is 22.2. The minimum absolute atomic E-state index is 0. The van der Waals surface area contributed by atoms with E-state index in [4.69, 9.17) is 0 Å². The van der Waals surface area contributed by atoms with E-state index in [0.717, 1.165) is 37.8 Å². The van der Waals surface area contributed by atoms with Crippen LogP contribution in [-0.2, 0) is 19.5 Å². The molecule has 0 saturated carbocycles. The summed E-state index contributed by atoms with van der Waals surface area (Å²) in [5, 5.41) is 6.95. The summed E-state index contributed by atoms with van der Waals surface area (Å²) in [6.07, 6.45) is 7.47. The van der Waals surface area contributed by atoms with Gasteiger partial charge in [-0.25, -0.2) is 4.98 Å². The van der Waals surface area contributed by atoms with E-state index in [-0.39, 0.29) is 30.0 Å². The molecule has 2 heterocycles. The van der Waals surface area contributed by atoms with E-state index in [1.54, 1.807) is 0 Å². The number of guanidine groups is 1. The predicted octanol–water partition coefficient (Wildman–Crippen LogP) is 4.77. The summed E-state index contributed by atoms with van der Waals surface area (Å²) < 4.78 is 2.20. The molecule has 0 aliphatic carbocycles. The molecule has 33 heavy (non-hydrogen) atoms. The highest BCUT2D eigenvalue weighted by molar-refractivity contribution is 14.0. The molecule has 1 fully saturated rings. The van der Waals surface area contributed by atoms with Gasteiger partial charge in [0.2, 0.25) is 0 Å². The minimum Gasteiger partial charge on any atom is -0.372 e. The summed E-state index contributed by atoms with van der Waals surface area (Å²) in [6, 6.07) is 19.6. The van der Waals surface area contributed by atoms with Gasteiger partial charge in [-0.15, -0.1) is 24.0 Å². The maximum absolute atomic E-state index is 4.54. The molecular formula is C26H35IN6. The molecule has 1 aliphatic rings. The fraction of sp³-hybridized carbons (Fsp3) is 0.385. The van der Waals surface area contributed by atoms with E-state index in [9.17, 15) is 0 Å². The van der Waals surface area contributed by atoms with Crippen LogP contribution in [0.3, 0.4) is 0 Å². The Balaban J connectivity index is 0.00000306. The van der Waals surface area contributed by atoms with Crippen molar-refractivity contribution in [1.29, 1.82) is 0 Å². The quantitative estimate of drug-likeness (QED) is 0.238. The molecule has 1 atom stereocenters. The first kappa shape index (κ1) is 25.1. The fourth-order valence-electron chi connectivity index (χ4n) is 4.22. The van der Waals surface area contributed by atoms with Crippen molar-refractivity contribution in [2.45, 2.75) is 45.3 Å². The Kier molecular flexibility index (Phi) is 9.60. The Bertz CT molecular complexity index is 1010. The smallest absolute Gasteiger partial charge is 0.191 e. The van der Waals surface area contributed by atoms with Gasteiger partial charge >= 0.3 is 0 Å². The van der Waals surface area contributed by atoms with Crippen molar-refractivity contribution >= 4 is 35.6 Å². The van der Waals surface area contributed by atoms with Crippen LogP contribution in [0.1, 0.15) is 42.8 Å². The van der Waals surface area contributed by atoms with E-state index in [0.29, 0.717) is 6.54 Å². The second-order valence-electron chi connectivity index (χ2n) is 8.35. The van der Waals surface area contributed by atoms with Crippen LogP contribution in [-0.4, -0.2) is 35.6 Å². The molecule has 6 nitrogen and oxygen atoms in total. The third kappa shape index (κ3) is 6.96. The van der Waals surface area contributed by atoms with Gasteiger partial charge in [0.1, 0.15) is 5.82 Å². The molecule has 1 unspecified atom stereocenters. The first-order chi connectivity index (χ1) is 15.7. The molecule has 2 aromatic carbocycles. The molecule has 0 bridgehead atoms. The average Bonchev–Trinajstić information content (AvgIpc) is 3.53. The number of imidazole rings is 1. The van der Waals surface area contributed by atoms with Gasteiger partial charge in [-0.2, -0.15) is 0 Å². The number of aryl methyl sites for hydroxylation is 2. The van der Waals surface area contributed by atoms with E-state index < -0.39 is 0 Å². The minimum atomic E-state index is 0. The summed E-state index contributed by atoms with van der Waals surface area (Å²) in [6.45, 7) is 6.03. The average molecular weight is 559 g/mol. The molecule has 1 aliphatic heterocycles. The number of nitrogens with one attached hydrogen (secondary N) is 2. The van der Waals surface area contributed by atoms with E-state index in [1.165, 1.54) is 29.7 Å². The lowest BCUT2D eigenvalue weighted by molar-refractivity contribution is 0.626. The second kappa shape index (κ2) is 12.6. The van der Waals surface area contributed by atoms with Crippen molar-refractivity contribution < 1.29 is 0 Å². The number of aliphatic imine (C=N–C) groups is 1. The third-order valence-electron chi connectivity index (χ3n) is 6.12. The SMILES string of the molecule is CN=C(NCc1nccn1CCc1ccccc1)NC(C)c1cccc(N2CCCC2)c1.I.